The van der Waals surface area contributed by atoms with E-state index in [4.69, 9.17) is 4.74 Å². The molecule has 0 saturated heterocycles. The number of hydrogen-bond donors (Lipinski definition) is 1. The summed E-state index contributed by atoms with van der Waals surface area (Å²) in [5.41, 5.74) is 2.91. The van der Waals surface area contributed by atoms with Crippen LogP contribution in [0, 0.1) is 6.92 Å². The third-order valence-corrected chi connectivity index (χ3v) is 4.78. The molecule has 0 spiro atoms. The van der Waals surface area contributed by atoms with Gasteiger partial charge < -0.3 is 15.0 Å². The van der Waals surface area contributed by atoms with Gasteiger partial charge in [0, 0.05) is 25.4 Å². The first kappa shape index (κ1) is 18.0. The van der Waals surface area contributed by atoms with Crippen molar-refractivity contribution >= 4 is 34.2 Å². The lowest BCUT2D eigenvalue weighted by Gasteiger charge is -2.32. The average molecular weight is 379 g/mol. The Bertz CT molecular complexity index is 1070. The average Bonchev–Trinajstić information content (AvgIpc) is 2.95. The number of carbonyl (C=O) groups excluding carboxylic acids is 2. The molecule has 0 bridgehead atoms. The SMILES string of the molecule is Cc1nn(C)c2ncc(NC(=O)CCN3C(=O)[C@H](C)Oc4ccccc43)cc12. The van der Waals surface area contributed by atoms with Gasteiger partial charge in [-0.1, -0.05) is 12.1 Å². The highest BCUT2D eigenvalue weighted by atomic mass is 16.5. The number of amides is 2. The summed E-state index contributed by atoms with van der Waals surface area (Å²) < 4.78 is 7.33. The molecule has 1 aromatic carbocycles. The van der Waals surface area contributed by atoms with E-state index in [0.29, 0.717) is 17.1 Å². The highest BCUT2D eigenvalue weighted by Gasteiger charge is 2.31. The van der Waals surface area contributed by atoms with Crippen LogP contribution in [0.4, 0.5) is 11.4 Å². The molecule has 3 heterocycles. The van der Waals surface area contributed by atoms with E-state index in [1.807, 2.05) is 44.3 Å². The number of pyridine rings is 1. The lowest BCUT2D eigenvalue weighted by Crippen LogP contribution is -2.45. The number of aromatic nitrogens is 3. The fourth-order valence-electron chi connectivity index (χ4n) is 3.40. The van der Waals surface area contributed by atoms with Crippen LogP contribution in [-0.2, 0) is 16.6 Å². The van der Waals surface area contributed by atoms with Crippen LogP contribution >= 0.6 is 0 Å². The van der Waals surface area contributed by atoms with E-state index in [1.54, 1.807) is 22.7 Å². The van der Waals surface area contributed by atoms with Crippen molar-refractivity contribution in [2.45, 2.75) is 26.4 Å². The fraction of sp³-hybridized carbons (Fsp3) is 0.300. The minimum absolute atomic E-state index is 0.152. The van der Waals surface area contributed by atoms with Gasteiger partial charge in [-0.05, 0) is 32.0 Å². The summed E-state index contributed by atoms with van der Waals surface area (Å²) >= 11 is 0. The number of rotatable bonds is 4. The Kier molecular flexibility index (Phi) is 4.46. The summed E-state index contributed by atoms with van der Waals surface area (Å²) in [5, 5.41) is 8.08. The number of aryl methyl sites for hydroxylation is 2. The number of benzene rings is 1. The second kappa shape index (κ2) is 6.95. The van der Waals surface area contributed by atoms with Crippen molar-refractivity contribution in [3.05, 3.63) is 42.2 Å². The Morgan fingerprint density at radius 3 is 2.93 bits per heavy atom. The summed E-state index contributed by atoms with van der Waals surface area (Å²) in [6, 6.07) is 9.20. The second-order valence-corrected chi connectivity index (χ2v) is 6.82. The van der Waals surface area contributed by atoms with E-state index < -0.39 is 6.10 Å². The predicted molar refractivity (Wildman–Crippen MR) is 105 cm³/mol. The first-order valence-corrected chi connectivity index (χ1v) is 9.10. The quantitative estimate of drug-likeness (QED) is 0.752. The normalized spacial score (nSPS) is 16.0. The van der Waals surface area contributed by atoms with Gasteiger partial charge >= 0.3 is 0 Å². The number of fused-ring (bicyclic) bond motifs is 2. The van der Waals surface area contributed by atoms with E-state index >= 15 is 0 Å². The molecule has 1 aliphatic rings. The van der Waals surface area contributed by atoms with Gasteiger partial charge in [0.1, 0.15) is 5.75 Å². The predicted octanol–water partition coefficient (Wildman–Crippen LogP) is 2.42. The monoisotopic (exact) mass is 379 g/mol. The molecule has 3 aromatic rings. The molecule has 0 unspecified atom stereocenters. The number of nitrogens with zero attached hydrogens (tertiary/aromatic N) is 4. The number of para-hydroxylation sites is 2. The van der Waals surface area contributed by atoms with Gasteiger partial charge in [-0.2, -0.15) is 5.10 Å². The minimum Gasteiger partial charge on any atom is -0.479 e. The maximum absolute atomic E-state index is 12.5. The third-order valence-electron chi connectivity index (χ3n) is 4.78. The van der Waals surface area contributed by atoms with Crippen molar-refractivity contribution in [1.82, 2.24) is 14.8 Å². The number of anilines is 2. The zero-order valence-corrected chi connectivity index (χ0v) is 16.0. The highest BCUT2D eigenvalue weighted by molar-refractivity contribution is 6.01. The van der Waals surface area contributed by atoms with Crippen LogP contribution in [0.3, 0.4) is 0 Å². The van der Waals surface area contributed by atoms with E-state index in [2.05, 4.69) is 15.4 Å². The van der Waals surface area contributed by atoms with Crippen LogP contribution < -0.4 is 15.0 Å². The molecule has 0 saturated carbocycles. The van der Waals surface area contributed by atoms with Gasteiger partial charge in [0.25, 0.3) is 5.91 Å². The van der Waals surface area contributed by atoms with Crippen molar-refractivity contribution in [3.63, 3.8) is 0 Å². The first-order chi connectivity index (χ1) is 13.4. The molecule has 28 heavy (non-hydrogen) atoms. The van der Waals surface area contributed by atoms with Crippen LogP contribution in [-0.4, -0.2) is 39.2 Å². The Hall–Kier alpha value is -3.42. The molecule has 8 nitrogen and oxygen atoms in total. The van der Waals surface area contributed by atoms with Crippen LogP contribution in [0.15, 0.2) is 36.5 Å². The second-order valence-electron chi connectivity index (χ2n) is 6.82. The number of ether oxygens (including phenoxy) is 1. The van der Waals surface area contributed by atoms with Crippen molar-refractivity contribution in [2.24, 2.45) is 7.05 Å². The smallest absolute Gasteiger partial charge is 0.267 e. The number of nitrogens with one attached hydrogen (secondary N) is 1. The van der Waals surface area contributed by atoms with Crippen molar-refractivity contribution < 1.29 is 14.3 Å². The van der Waals surface area contributed by atoms with Crippen LogP contribution in [0.5, 0.6) is 5.75 Å². The minimum atomic E-state index is -0.571. The molecule has 1 atom stereocenters. The fourth-order valence-corrected chi connectivity index (χ4v) is 3.40. The van der Waals surface area contributed by atoms with E-state index in [1.165, 1.54) is 0 Å². The maximum Gasteiger partial charge on any atom is 0.267 e. The molecular weight excluding hydrogens is 358 g/mol. The van der Waals surface area contributed by atoms with Crippen molar-refractivity contribution in [3.8, 4) is 5.75 Å². The Labute approximate surface area is 162 Å². The topological polar surface area (TPSA) is 89.4 Å². The van der Waals surface area contributed by atoms with Crippen LogP contribution in [0.2, 0.25) is 0 Å². The van der Waals surface area contributed by atoms with Crippen molar-refractivity contribution in [2.75, 3.05) is 16.8 Å². The molecule has 8 heteroatoms. The summed E-state index contributed by atoms with van der Waals surface area (Å²) in [6.45, 7) is 3.89. The van der Waals surface area contributed by atoms with E-state index in [9.17, 15) is 9.59 Å². The first-order valence-electron chi connectivity index (χ1n) is 9.10. The molecule has 4 rings (SSSR count). The molecule has 2 aromatic heterocycles. The van der Waals surface area contributed by atoms with Crippen LogP contribution in [0.1, 0.15) is 19.0 Å². The standard InChI is InChI=1S/C20H21N5O3/c1-12-15-10-14(11-21-19(15)24(3)23-12)22-18(26)8-9-25-16-6-4-5-7-17(16)28-13(2)20(25)27/h4-7,10-11,13H,8-9H2,1-3H3,(H,22,26)/t13-/m0/s1. The van der Waals surface area contributed by atoms with Crippen molar-refractivity contribution in [1.29, 1.82) is 0 Å². The molecule has 144 valence electrons. The highest BCUT2D eigenvalue weighted by Crippen LogP contribution is 2.33. The Balaban J connectivity index is 1.46. The summed E-state index contributed by atoms with van der Waals surface area (Å²) in [5.74, 6) is 0.310. The lowest BCUT2D eigenvalue weighted by molar-refractivity contribution is -0.125. The molecule has 1 aliphatic heterocycles. The van der Waals surface area contributed by atoms with Gasteiger partial charge in [0.2, 0.25) is 5.91 Å². The Morgan fingerprint density at radius 1 is 1.32 bits per heavy atom. The summed E-state index contributed by atoms with van der Waals surface area (Å²) in [6.07, 6.45) is 1.20. The van der Waals surface area contributed by atoms with E-state index in [-0.39, 0.29) is 24.8 Å². The maximum atomic E-state index is 12.5. The molecule has 1 N–H and O–H groups in total. The van der Waals surface area contributed by atoms with E-state index in [0.717, 1.165) is 16.7 Å². The summed E-state index contributed by atoms with van der Waals surface area (Å²) in [4.78, 5) is 30.9. The van der Waals surface area contributed by atoms with Gasteiger partial charge in [0.05, 0.1) is 23.3 Å². The molecule has 0 radical (unpaired) electrons. The zero-order chi connectivity index (χ0) is 19.8. The van der Waals surface area contributed by atoms with Gasteiger partial charge in [-0.15, -0.1) is 0 Å². The number of carbonyl (C=O) groups is 2. The largest absolute Gasteiger partial charge is 0.479 e. The third kappa shape index (κ3) is 3.17. The van der Waals surface area contributed by atoms with Gasteiger partial charge in [-0.3, -0.25) is 14.3 Å². The number of hydrogen-bond acceptors (Lipinski definition) is 5. The molecule has 0 fully saturated rings. The molecule has 0 aliphatic carbocycles. The molecular formula is C20H21N5O3. The summed E-state index contributed by atoms with van der Waals surface area (Å²) in [7, 11) is 1.83. The zero-order valence-electron chi connectivity index (χ0n) is 16.0. The molecule has 2 amide bonds. The lowest BCUT2D eigenvalue weighted by atomic mass is 10.1. The van der Waals surface area contributed by atoms with Gasteiger partial charge in [0.15, 0.2) is 11.8 Å². The van der Waals surface area contributed by atoms with Crippen LogP contribution in [0.25, 0.3) is 11.0 Å². The Morgan fingerprint density at radius 2 is 2.11 bits per heavy atom. The van der Waals surface area contributed by atoms with Gasteiger partial charge in [-0.25, -0.2) is 4.98 Å².